The van der Waals surface area contributed by atoms with Gasteiger partial charge in [0.1, 0.15) is 5.57 Å². The third-order valence-corrected chi connectivity index (χ3v) is 3.08. The van der Waals surface area contributed by atoms with E-state index in [4.69, 9.17) is 0 Å². The van der Waals surface area contributed by atoms with Crippen LogP contribution in [0.1, 0.15) is 10.4 Å². The first-order valence-corrected chi connectivity index (χ1v) is 6.00. The van der Waals surface area contributed by atoms with E-state index in [0.717, 1.165) is 0 Å². The first-order chi connectivity index (χ1) is 9.99. The molecule has 2 rings (SSSR count). The van der Waals surface area contributed by atoms with Crippen LogP contribution in [0.5, 0.6) is 0 Å². The number of hydrogen-bond acceptors (Lipinski definition) is 6. The fourth-order valence-corrected chi connectivity index (χ4v) is 1.95. The molecule has 7 nitrogen and oxygen atoms in total. The van der Waals surface area contributed by atoms with E-state index in [1.165, 1.54) is 43.4 Å². The van der Waals surface area contributed by atoms with Crippen LogP contribution in [0.3, 0.4) is 0 Å². The molecule has 7 heteroatoms. The van der Waals surface area contributed by atoms with Crippen LogP contribution >= 0.6 is 0 Å². The quantitative estimate of drug-likeness (QED) is 0.828. The minimum Gasteiger partial charge on any atom is -0.503 e. The minimum atomic E-state index is -0.755. The van der Waals surface area contributed by atoms with Gasteiger partial charge >= 0.3 is 11.9 Å². The lowest BCUT2D eigenvalue weighted by molar-refractivity contribution is -0.136. The largest absolute Gasteiger partial charge is 0.503 e. The number of anilines is 1. The average molecular weight is 291 g/mol. The highest BCUT2D eigenvalue weighted by molar-refractivity contribution is 6.13. The maximum atomic E-state index is 11.9. The molecular formula is C14H13NO6. The third-order valence-electron chi connectivity index (χ3n) is 3.08. The van der Waals surface area contributed by atoms with Crippen molar-refractivity contribution < 1.29 is 29.0 Å². The second kappa shape index (κ2) is 5.66. The van der Waals surface area contributed by atoms with E-state index in [9.17, 15) is 19.5 Å². The second-order valence-corrected chi connectivity index (χ2v) is 4.25. The number of benzene rings is 1. The summed E-state index contributed by atoms with van der Waals surface area (Å²) in [6.45, 7) is -0.0884. The summed E-state index contributed by atoms with van der Waals surface area (Å²) in [6, 6.07) is 6.03. The van der Waals surface area contributed by atoms with Crippen molar-refractivity contribution in [3.8, 4) is 0 Å². The zero-order valence-electron chi connectivity index (χ0n) is 11.5. The van der Waals surface area contributed by atoms with Crippen LogP contribution in [0, 0.1) is 0 Å². The second-order valence-electron chi connectivity index (χ2n) is 4.25. The Bertz CT molecular complexity index is 631. The first-order valence-electron chi connectivity index (χ1n) is 6.00. The third kappa shape index (κ3) is 2.58. The first kappa shape index (κ1) is 14.6. The van der Waals surface area contributed by atoms with Crippen molar-refractivity contribution in [1.82, 2.24) is 0 Å². The Morgan fingerprint density at radius 2 is 1.67 bits per heavy atom. The Labute approximate surface area is 120 Å². The number of aliphatic hydroxyl groups is 1. The Morgan fingerprint density at radius 3 is 2.19 bits per heavy atom. The van der Waals surface area contributed by atoms with Crippen LogP contribution in [0.2, 0.25) is 0 Å². The van der Waals surface area contributed by atoms with Crippen LogP contribution in [0.4, 0.5) is 5.69 Å². The van der Waals surface area contributed by atoms with E-state index in [1.807, 2.05) is 0 Å². The van der Waals surface area contributed by atoms with Gasteiger partial charge in [-0.3, -0.25) is 4.79 Å². The standard InChI is InChI=1S/C14H13NO6/c1-20-13(18)8-3-5-9(6-4-8)15-7-10(14(19)21-2)11(16)12(15)17/h3-6,16H,7H2,1-2H3. The molecule has 0 aromatic heterocycles. The summed E-state index contributed by atoms with van der Waals surface area (Å²) in [7, 11) is 2.44. The summed E-state index contributed by atoms with van der Waals surface area (Å²) in [5.74, 6) is -2.57. The monoisotopic (exact) mass is 291 g/mol. The molecule has 1 aliphatic rings. The summed E-state index contributed by atoms with van der Waals surface area (Å²) in [6.07, 6.45) is 0. The number of carbonyl (C=O) groups is 3. The van der Waals surface area contributed by atoms with Gasteiger partial charge in [0.2, 0.25) is 0 Å². The molecule has 1 N–H and O–H groups in total. The summed E-state index contributed by atoms with van der Waals surface area (Å²) >= 11 is 0. The summed E-state index contributed by atoms with van der Waals surface area (Å²) in [4.78, 5) is 35.9. The number of amides is 1. The molecule has 0 spiro atoms. The molecule has 0 radical (unpaired) electrons. The highest BCUT2D eigenvalue weighted by Crippen LogP contribution is 2.25. The van der Waals surface area contributed by atoms with E-state index >= 15 is 0 Å². The minimum absolute atomic E-state index is 0.0884. The SMILES string of the molecule is COC(=O)C1=C(O)C(=O)N(c2ccc(C(=O)OC)cc2)C1. The maximum absolute atomic E-state index is 11.9. The van der Waals surface area contributed by atoms with Gasteiger partial charge < -0.3 is 19.5 Å². The van der Waals surface area contributed by atoms with Gasteiger partial charge in [0.15, 0.2) is 5.76 Å². The summed E-state index contributed by atoms with van der Waals surface area (Å²) in [5.41, 5.74) is 0.677. The lowest BCUT2D eigenvalue weighted by atomic mass is 10.2. The average Bonchev–Trinajstić information content (AvgIpc) is 2.82. The molecule has 0 aliphatic carbocycles. The number of carbonyl (C=O) groups excluding carboxylic acids is 3. The molecule has 1 heterocycles. The predicted molar refractivity (Wildman–Crippen MR) is 71.8 cm³/mol. The smallest absolute Gasteiger partial charge is 0.339 e. The highest BCUT2D eigenvalue weighted by Gasteiger charge is 2.35. The number of aliphatic hydroxyl groups excluding tert-OH is 1. The van der Waals surface area contributed by atoms with Gasteiger partial charge in [-0.05, 0) is 24.3 Å². The number of rotatable bonds is 3. The van der Waals surface area contributed by atoms with Gasteiger partial charge in [-0.25, -0.2) is 9.59 Å². The molecule has 1 aromatic carbocycles. The number of ether oxygens (including phenoxy) is 2. The van der Waals surface area contributed by atoms with Gasteiger partial charge in [-0.1, -0.05) is 0 Å². The fraction of sp³-hybridized carbons (Fsp3) is 0.214. The van der Waals surface area contributed by atoms with E-state index in [2.05, 4.69) is 9.47 Å². The predicted octanol–water partition coefficient (Wildman–Crippen LogP) is 0.805. The van der Waals surface area contributed by atoms with Crippen molar-refractivity contribution >= 4 is 23.5 Å². The molecule has 0 atom stereocenters. The Morgan fingerprint density at radius 1 is 1.10 bits per heavy atom. The molecule has 110 valence electrons. The number of esters is 2. The Hall–Kier alpha value is -2.83. The van der Waals surface area contributed by atoms with Gasteiger partial charge in [-0.2, -0.15) is 0 Å². The van der Waals surface area contributed by atoms with Crippen LogP contribution in [0.15, 0.2) is 35.6 Å². The molecule has 0 unspecified atom stereocenters. The van der Waals surface area contributed by atoms with Crippen molar-refractivity contribution in [2.45, 2.75) is 0 Å². The number of methoxy groups -OCH3 is 2. The van der Waals surface area contributed by atoms with E-state index in [0.29, 0.717) is 11.3 Å². The number of nitrogens with zero attached hydrogens (tertiary/aromatic N) is 1. The van der Waals surface area contributed by atoms with E-state index in [-0.39, 0.29) is 12.1 Å². The molecular weight excluding hydrogens is 278 g/mol. The van der Waals surface area contributed by atoms with Gasteiger partial charge in [0.05, 0.1) is 26.3 Å². The fourth-order valence-electron chi connectivity index (χ4n) is 1.95. The molecule has 21 heavy (non-hydrogen) atoms. The zero-order valence-corrected chi connectivity index (χ0v) is 11.5. The van der Waals surface area contributed by atoms with E-state index in [1.54, 1.807) is 0 Å². The molecule has 0 fully saturated rings. The highest BCUT2D eigenvalue weighted by atomic mass is 16.5. The van der Waals surface area contributed by atoms with Gasteiger partial charge in [0.25, 0.3) is 5.91 Å². The van der Waals surface area contributed by atoms with E-state index < -0.39 is 23.6 Å². The van der Waals surface area contributed by atoms with Crippen molar-refractivity contribution in [3.63, 3.8) is 0 Å². The Kier molecular flexibility index (Phi) is 3.93. The van der Waals surface area contributed by atoms with Crippen molar-refractivity contribution in [3.05, 3.63) is 41.2 Å². The van der Waals surface area contributed by atoms with Crippen LogP contribution < -0.4 is 4.90 Å². The van der Waals surface area contributed by atoms with Crippen molar-refractivity contribution in [2.24, 2.45) is 0 Å². The normalized spacial score (nSPS) is 14.4. The number of hydrogen-bond donors (Lipinski definition) is 1. The van der Waals surface area contributed by atoms with Crippen molar-refractivity contribution in [1.29, 1.82) is 0 Å². The molecule has 0 bridgehead atoms. The molecule has 1 aromatic rings. The zero-order chi connectivity index (χ0) is 15.6. The Balaban J connectivity index is 2.23. The lowest BCUT2D eigenvalue weighted by Crippen LogP contribution is -2.27. The molecule has 1 aliphatic heterocycles. The van der Waals surface area contributed by atoms with Crippen molar-refractivity contribution in [2.75, 3.05) is 25.7 Å². The lowest BCUT2D eigenvalue weighted by Gasteiger charge is -2.16. The van der Waals surface area contributed by atoms with Crippen LogP contribution in [-0.4, -0.2) is 43.7 Å². The summed E-state index contributed by atoms with van der Waals surface area (Å²) in [5, 5.41) is 9.69. The topological polar surface area (TPSA) is 93.1 Å². The maximum Gasteiger partial charge on any atom is 0.339 e. The van der Waals surface area contributed by atoms with Crippen LogP contribution in [-0.2, 0) is 19.1 Å². The van der Waals surface area contributed by atoms with Gasteiger partial charge in [0, 0.05) is 5.69 Å². The molecule has 0 saturated carbocycles. The van der Waals surface area contributed by atoms with Crippen LogP contribution in [0.25, 0.3) is 0 Å². The molecule has 0 saturated heterocycles. The van der Waals surface area contributed by atoms with Gasteiger partial charge in [-0.15, -0.1) is 0 Å². The molecule has 1 amide bonds. The summed E-state index contributed by atoms with van der Waals surface area (Å²) < 4.78 is 9.08.